The quantitative estimate of drug-likeness (QED) is 0.0926. The number of imide groups is 1. The molecule has 0 spiro atoms. The van der Waals surface area contributed by atoms with Crippen LogP contribution in [0.15, 0.2) is 102 Å². The highest BCUT2D eigenvalue weighted by Gasteiger charge is 2.78. The molecule has 4 fully saturated rings. The van der Waals surface area contributed by atoms with Gasteiger partial charge in [-0.1, -0.05) is 80.6 Å². The molecule has 3 aromatic rings. The smallest absolute Gasteiger partial charge is 0.417 e. The Morgan fingerprint density at radius 1 is 0.822 bits per heavy atom. The maximum atomic E-state index is 16.5. The summed E-state index contributed by atoms with van der Waals surface area (Å²) < 4.78 is 40.6. The van der Waals surface area contributed by atoms with Crippen LogP contribution in [0.3, 0.4) is 0 Å². The van der Waals surface area contributed by atoms with E-state index < -0.39 is 116 Å². The average Bonchev–Trinajstić information content (AvgIpc) is 3.32. The number of Topliss-reactive ketones (excluding diaryl/α,β-unsaturated/α-hetero) is 1. The standard InChI is InChI=1S/C57H73NO13Si2/c1-34-41(66-50(62)35(2)44(37-23-17-14-18-24-37)58(52(64)69-53(4,5)6)49(61)38-25-19-15-20-26-38)32-57(65)48(67-51(63)39-27-21-16-22-28-39)46-55(9)42(31-40-29-30-56(40,46)68-36(3)59)70-72(10,11)33-73(12,13)71-45(47(55)60)43(34)54(57,7)8/h14-28,35,40-42,44-46,48,65H,29-33H2,1-13H3/t35-,40-,41+,42+,44-,45-,46?,48+,55-,56+,57-/m1/s1. The van der Waals surface area contributed by atoms with Crippen LogP contribution in [0, 0.1) is 28.6 Å². The van der Waals surface area contributed by atoms with Crippen LogP contribution in [0.4, 0.5) is 4.79 Å². The number of rotatable bonds is 9. The highest BCUT2D eigenvalue weighted by molar-refractivity contribution is 6.89. The molecule has 5 aliphatic rings. The first-order valence-electron chi connectivity index (χ1n) is 25.6. The van der Waals surface area contributed by atoms with Crippen LogP contribution >= 0.6 is 0 Å². The number of amides is 2. The van der Waals surface area contributed by atoms with E-state index >= 15 is 9.59 Å². The normalized spacial score (nSPS) is 31.7. The largest absolute Gasteiger partial charge is 0.458 e. The van der Waals surface area contributed by atoms with Crippen LogP contribution in [-0.4, -0.2) is 104 Å². The summed E-state index contributed by atoms with van der Waals surface area (Å²) in [5.74, 6) is -5.99. The monoisotopic (exact) mass is 1040 g/mol. The lowest BCUT2D eigenvalue weighted by atomic mass is 9.41. The van der Waals surface area contributed by atoms with Crippen molar-refractivity contribution in [2.75, 3.05) is 0 Å². The van der Waals surface area contributed by atoms with E-state index in [-0.39, 0.29) is 29.2 Å². The lowest BCUT2D eigenvalue weighted by Gasteiger charge is -2.69. The molecule has 73 heavy (non-hydrogen) atoms. The molecule has 1 aliphatic heterocycles. The summed E-state index contributed by atoms with van der Waals surface area (Å²) >= 11 is 0. The Hall–Kier alpha value is -5.27. The van der Waals surface area contributed by atoms with Gasteiger partial charge in [0, 0.05) is 30.2 Å². The number of benzene rings is 3. The number of hydrogen-bond acceptors (Lipinski definition) is 13. The third-order valence-corrected chi connectivity index (χ3v) is 25.2. The van der Waals surface area contributed by atoms with Gasteiger partial charge in [0.25, 0.3) is 5.91 Å². The number of esters is 3. The first kappa shape index (κ1) is 54.0. The summed E-state index contributed by atoms with van der Waals surface area (Å²) in [6.45, 7) is 23.5. The molecule has 0 aromatic heterocycles. The van der Waals surface area contributed by atoms with Crippen molar-refractivity contribution < 1.29 is 61.7 Å². The first-order chi connectivity index (χ1) is 34.0. The summed E-state index contributed by atoms with van der Waals surface area (Å²) in [5.41, 5.74) is -5.27. The topological polar surface area (TPSA) is 181 Å². The third kappa shape index (κ3) is 9.59. The molecule has 8 rings (SSSR count). The van der Waals surface area contributed by atoms with Gasteiger partial charge in [-0.05, 0) is 134 Å². The second kappa shape index (κ2) is 19.1. The molecule has 1 unspecified atom stereocenters. The highest BCUT2D eigenvalue weighted by Crippen LogP contribution is 2.68. The predicted octanol–water partition coefficient (Wildman–Crippen LogP) is 10.1. The van der Waals surface area contributed by atoms with Crippen molar-refractivity contribution in [3.05, 3.63) is 119 Å². The predicted molar refractivity (Wildman–Crippen MR) is 277 cm³/mol. The van der Waals surface area contributed by atoms with Crippen LogP contribution in [0.2, 0.25) is 31.9 Å². The molecule has 14 nitrogen and oxygen atoms in total. The summed E-state index contributed by atoms with van der Waals surface area (Å²) in [5, 5.41) is 14.3. The molecule has 3 saturated carbocycles. The van der Waals surface area contributed by atoms with Gasteiger partial charge in [-0.15, -0.1) is 0 Å². The fourth-order valence-corrected chi connectivity index (χ4v) is 24.2. The molecule has 16 heteroatoms. The zero-order chi connectivity index (χ0) is 53.4. The van der Waals surface area contributed by atoms with E-state index in [0.29, 0.717) is 41.6 Å². The number of ketones is 1. The molecular weight excluding hydrogens is 963 g/mol. The van der Waals surface area contributed by atoms with Gasteiger partial charge in [0.05, 0.1) is 35.0 Å². The molecule has 392 valence electrons. The molecule has 11 atom stereocenters. The van der Waals surface area contributed by atoms with E-state index in [1.807, 2.05) is 20.8 Å². The van der Waals surface area contributed by atoms with Gasteiger partial charge in [0.15, 0.2) is 22.4 Å². The van der Waals surface area contributed by atoms with E-state index in [1.165, 1.54) is 6.92 Å². The molecule has 1 heterocycles. The second-order valence-corrected chi connectivity index (χ2v) is 33.0. The van der Waals surface area contributed by atoms with E-state index in [1.54, 1.807) is 126 Å². The van der Waals surface area contributed by atoms with Crippen LogP contribution in [0.25, 0.3) is 0 Å². The van der Waals surface area contributed by atoms with Crippen LogP contribution in [0.1, 0.15) is 120 Å². The minimum absolute atomic E-state index is 0.183. The van der Waals surface area contributed by atoms with Crippen LogP contribution in [-0.2, 0) is 42.2 Å². The van der Waals surface area contributed by atoms with Gasteiger partial charge in [0.2, 0.25) is 0 Å². The highest BCUT2D eigenvalue weighted by atomic mass is 28.4. The molecular formula is C57H73NO13Si2. The van der Waals surface area contributed by atoms with E-state index in [4.69, 9.17) is 27.8 Å². The van der Waals surface area contributed by atoms with E-state index in [0.717, 1.165) is 4.90 Å². The van der Waals surface area contributed by atoms with Crippen LogP contribution in [0.5, 0.6) is 0 Å². The second-order valence-electron chi connectivity index (χ2n) is 24.1. The lowest BCUT2D eigenvalue weighted by molar-refractivity contribution is -0.294. The van der Waals surface area contributed by atoms with Gasteiger partial charge in [-0.2, -0.15) is 0 Å². The number of carbonyl (C=O) groups is 6. The van der Waals surface area contributed by atoms with Crippen molar-refractivity contribution in [3.8, 4) is 0 Å². The molecule has 3 aromatic carbocycles. The Morgan fingerprint density at radius 2 is 1.38 bits per heavy atom. The zero-order valence-electron chi connectivity index (χ0n) is 44.6. The van der Waals surface area contributed by atoms with Crippen molar-refractivity contribution in [1.29, 1.82) is 0 Å². The third-order valence-electron chi connectivity index (χ3n) is 16.6. The number of aliphatic hydroxyl groups is 1. The minimum Gasteiger partial charge on any atom is -0.458 e. The number of ether oxygens (including phenoxy) is 4. The zero-order valence-corrected chi connectivity index (χ0v) is 46.6. The maximum Gasteiger partial charge on any atom is 0.417 e. The van der Waals surface area contributed by atoms with Gasteiger partial charge < -0.3 is 32.9 Å². The fraction of sp³-hybridized carbons (Fsp3) is 0.544. The van der Waals surface area contributed by atoms with Crippen molar-refractivity contribution in [2.45, 2.75) is 167 Å². The SMILES string of the molecule is CC(=O)O[C@@]12CC[C@@H]1C[C@@H]1O[Si](C)(C)C[Si](C)(C)O[C@H]3C(=O)[C@@]1(C)C2[C@H](OC(=O)c1ccccc1)[C@]1(O)C[C@H](OC(=O)[C@H](C)[C@H](c2ccccc2)N(C(=O)OC(C)(C)C)C(=O)c2ccccc2)C(C)=C3C1(C)C. The molecule has 4 bridgehead atoms. The number of fused-ring (bicyclic) bond motifs is 6. The molecule has 2 amide bonds. The van der Waals surface area contributed by atoms with Crippen molar-refractivity contribution in [2.24, 2.45) is 28.6 Å². The van der Waals surface area contributed by atoms with E-state index in [2.05, 4.69) is 26.2 Å². The van der Waals surface area contributed by atoms with Crippen molar-refractivity contribution in [1.82, 2.24) is 4.90 Å². The van der Waals surface area contributed by atoms with E-state index in [9.17, 15) is 24.3 Å². The molecule has 1 N–H and O–H groups in total. The van der Waals surface area contributed by atoms with Crippen molar-refractivity contribution in [3.63, 3.8) is 0 Å². The Bertz CT molecular complexity index is 2690. The summed E-state index contributed by atoms with van der Waals surface area (Å²) in [6, 6.07) is 24.0. The Balaban J connectivity index is 1.33. The maximum absolute atomic E-state index is 16.5. The van der Waals surface area contributed by atoms with Crippen molar-refractivity contribution >= 4 is 52.3 Å². The van der Waals surface area contributed by atoms with Gasteiger partial charge >= 0.3 is 24.0 Å². The minimum atomic E-state index is -2.86. The summed E-state index contributed by atoms with van der Waals surface area (Å²) in [7, 11) is -5.54. The van der Waals surface area contributed by atoms with Gasteiger partial charge in [-0.3, -0.25) is 19.2 Å². The van der Waals surface area contributed by atoms with Crippen LogP contribution < -0.4 is 0 Å². The summed E-state index contributed by atoms with van der Waals surface area (Å²) in [4.78, 5) is 90.2. The van der Waals surface area contributed by atoms with Gasteiger partial charge in [-0.25, -0.2) is 14.5 Å². The average molecular weight is 1040 g/mol. The molecule has 0 radical (unpaired) electrons. The molecule has 1 saturated heterocycles. The van der Waals surface area contributed by atoms with Gasteiger partial charge in [0.1, 0.15) is 35.1 Å². The first-order valence-corrected chi connectivity index (χ1v) is 31.9. The molecule has 4 aliphatic carbocycles. The summed E-state index contributed by atoms with van der Waals surface area (Å²) in [6.07, 6.45) is -4.82. The fourth-order valence-electron chi connectivity index (χ4n) is 13.4. The lowest BCUT2D eigenvalue weighted by Crippen LogP contribution is -2.79. The number of hydrogen-bond donors (Lipinski definition) is 1. The Kier molecular flexibility index (Phi) is 14.2. The Morgan fingerprint density at radius 3 is 1.93 bits per heavy atom. The Labute approximate surface area is 431 Å². The number of nitrogens with zero attached hydrogens (tertiary/aromatic N) is 1. The number of carbonyl (C=O) groups excluding carboxylic acids is 6.